The summed E-state index contributed by atoms with van der Waals surface area (Å²) < 4.78 is 10.4. The monoisotopic (exact) mass is 329 g/mol. The smallest absolute Gasteiger partial charge is 0.305 e. The van der Waals surface area contributed by atoms with Crippen LogP contribution in [0.5, 0.6) is 5.75 Å². The summed E-state index contributed by atoms with van der Waals surface area (Å²) in [7, 11) is 1.56. The Morgan fingerprint density at radius 2 is 2.05 bits per heavy atom. The van der Waals surface area contributed by atoms with E-state index in [1.807, 2.05) is 0 Å². The van der Waals surface area contributed by atoms with E-state index in [4.69, 9.17) is 26.2 Å². The summed E-state index contributed by atoms with van der Waals surface area (Å²) in [5, 5.41) is 9.17. The Kier molecular flexibility index (Phi) is 7.70. The fourth-order valence-electron chi connectivity index (χ4n) is 1.83. The predicted octanol–water partition coefficient (Wildman–Crippen LogP) is 2.30. The fourth-order valence-corrected chi connectivity index (χ4v) is 2.01. The molecule has 0 saturated carbocycles. The lowest BCUT2D eigenvalue weighted by Crippen LogP contribution is -2.33. The second-order valence-corrected chi connectivity index (χ2v) is 4.95. The molecule has 0 fully saturated rings. The van der Waals surface area contributed by atoms with Crippen molar-refractivity contribution < 1.29 is 24.2 Å². The van der Waals surface area contributed by atoms with Crippen LogP contribution < -0.4 is 4.74 Å². The molecule has 1 aromatic carbocycles. The van der Waals surface area contributed by atoms with E-state index >= 15 is 0 Å². The van der Waals surface area contributed by atoms with Crippen LogP contribution >= 0.6 is 11.6 Å². The normalized spacial score (nSPS) is 10.3. The van der Waals surface area contributed by atoms with E-state index in [0.29, 0.717) is 36.1 Å². The minimum atomic E-state index is -0.950. The Labute approximate surface area is 134 Å². The first-order chi connectivity index (χ1) is 10.5. The molecule has 0 spiro atoms. The molecule has 0 atom stereocenters. The largest absolute Gasteiger partial charge is 0.490 e. The number of hydrogen-bond acceptors (Lipinski definition) is 4. The summed E-state index contributed by atoms with van der Waals surface area (Å²) in [6.45, 7) is 3.02. The van der Waals surface area contributed by atoms with Crippen LogP contribution in [0.25, 0.3) is 0 Å². The third kappa shape index (κ3) is 5.54. The average molecular weight is 330 g/mol. The van der Waals surface area contributed by atoms with Crippen LogP contribution in [0.1, 0.15) is 23.7 Å². The highest BCUT2D eigenvalue weighted by atomic mass is 35.5. The van der Waals surface area contributed by atoms with Crippen molar-refractivity contribution in [1.82, 2.24) is 4.90 Å². The highest BCUT2D eigenvalue weighted by Gasteiger charge is 2.20. The van der Waals surface area contributed by atoms with Gasteiger partial charge in [0, 0.05) is 25.2 Å². The van der Waals surface area contributed by atoms with E-state index in [-0.39, 0.29) is 18.9 Å². The number of ether oxygens (including phenoxy) is 2. The van der Waals surface area contributed by atoms with Gasteiger partial charge in [-0.1, -0.05) is 11.6 Å². The molecule has 0 aliphatic carbocycles. The molecule has 0 aliphatic rings. The molecular weight excluding hydrogens is 310 g/mol. The van der Waals surface area contributed by atoms with Gasteiger partial charge in [0.1, 0.15) is 12.4 Å². The molecule has 22 heavy (non-hydrogen) atoms. The number of nitrogens with zero attached hydrogens (tertiary/aromatic N) is 1. The number of aliphatic carboxylic acids is 1. The van der Waals surface area contributed by atoms with E-state index in [0.717, 1.165) is 0 Å². The second-order valence-electron chi connectivity index (χ2n) is 4.51. The third-order valence-corrected chi connectivity index (χ3v) is 3.22. The zero-order chi connectivity index (χ0) is 16.5. The first-order valence-corrected chi connectivity index (χ1v) is 7.29. The van der Waals surface area contributed by atoms with Crippen LogP contribution in [-0.4, -0.2) is 55.3 Å². The molecule has 122 valence electrons. The second kappa shape index (κ2) is 9.27. The Morgan fingerprint density at radius 3 is 2.64 bits per heavy atom. The number of benzene rings is 1. The number of rotatable bonds is 9. The van der Waals surface area contributed by atoms with Crippen molar-refractivity contribution in [2.45, 2.75) is 13.3 Å². The minimum Gasteiger partial charge on any atom is -0.490 e. The van der Waals surface area contributed by atoms with Crippen LogP contribution in [0.2, 0.25) is 5.02 Å². The summed E-state index contributed by atoms with van der Waals surface area (Å²) >= 11 is 5.95. The number of carbonyl (C=O) groups is 2. The van der Waals surface area contributed by atoms with Crippen LogP contribution in [0.4, 0.5) is 0 Å². The van der Waals surface area contributed by atoms with Gasteiger partial charge in [0.2, 0.25) is 0 Å². The molecule has 1 aromatic rings. The van der Waals surface area contributed by atoms with Crippen LogP contribution in [-0.2, 0) is 9.53 Å². The fraction of sp³-hybridized carbons (Fsp3) is 0.467. The van der Waals surface area contributed by atoms with Crippen molar-refractivity contribution in [3.63, 3.8) is 0 Å². The molecule has 1 rings (SSSR count). The Balaban J connectivity index is 2.92. The van der Waals surface area contributed by atoms with Gasteiger partial charge in [-0.2, -0.15) is 0 Å². The first-order valence-electron chi connectivity index (χ1n) is 6.92. The van der Waals surface area contributed by atoms with Gasteiger partial charge in [0.25, 0.3) is 5.91 Å². The molecule has 0 aliphatic heterocycles. The van der Waals surface area contributed by atoms with Gasteiger partial charge in [0.15, 0.2) is 0 Å². The van der Waals surface area contributed by atoms with Crippen LogP contribution in [0.3, 0.4) is 0 Å². The molecule has 6 nitrogen and oxygen atoms in total. The summed E-state index contributed by atoms with van der Waals surface area (Å²) in [5.74, 6) is -0.854. The van der Waals surface area contributed by atoms with E-state index in [9.17, 15) is 9.59 Å². The molecule has 0 aromatic heterocycles. The Bertz CT molecular complexity index is 521. The zero-order valence-corrected chi connectivity index (χ0v) is 13.4. The number of carbonyl (C=O) groups excluding carboxylic acids is 1. The molecule has 0 unspecified atom stereocenters. The summed E-state index contributed by atoms with van der Waals surface area (Å²) in [6.07, 6.45) is -0.111. The Morgan fingerprint density at radius 1 is 1.32 bits per heavy atom. The quantitative estimate of drug-likeness (QED) is 0.703. The maximum Gasteiger partial charge on any atom is 0.305 e. The molecular formula is C15H20ClNO5. The van der Waals surface area contributed by atoms with Crippen LogP contribution in [0.15, 0.2) is 18.2 Å². The standard InChI is InChI=1S/C15H20ClNO5/c1-3-17(7-6-14(18)19)15(20)12-10-11(16)4-5-13(12)22-9-8-21-2/h4-5,10H,3,6-9H2,1-2H3,(H,18,19). The van der Waals surface area contributed by atoms with Crippen molar-refractivity contribution in [2.24, 2.45) is 0 Å². The van der Waals surface area contributed by atoms with Crippen molar-refractivity contribution in [1.29, 1.82) is 0 Å². The SMILES string of the molecule is CCN(CCC(=O)O)C(=O)c1cc(Cl)ccc1OCCOC. The molecule has 0 radical (unpaired) electrons. The van der Waals surface area contributed by atoms with E-state index in [1.54, 1.807) is 26.2 Å². The summed E-state index contributed by atoms with van der Waals surface area (Å²) in [6, 6.07) is 4.78. The number of amides is 1. The van der Waals surface area contributed by atoms with Gasteiger partial charge in [-0.3, -0.25) is 9.59 Å². The lowest BCUT2D eigenvalue weighted by Gasteiger charge is -2.21. The predicted molar refractivity (Wildman–Crippen MR) is 82.7 cm³/mol. The van der Waals surface area contributed by atoms with Crippen LogP contribution in [0, 0.1) is 0 Å². The number of carboxylic acid groups (broad SMARTS) is 1. The minimum absolute atomic E-state index is 0.111. The molecule has 0 bridgehead atoms. The van der Waals surface area contributed by atoms with E-state index in [1.165, 1.54) is 11.0 Å². The maximum absolute atomic E-state index is 12.6. The first kappa shape index (κ1) is 18.3. The van der Waals surface area contributed by atoms with Gasteiger partial charge >= 0.3 is 5.97 Å². The van der Waals surface area contributed by atoms with Crippen molar-refractivity contribution >= 4 is 23.5 Å². The zero-order valence-electron chi connectivity index (χ0n) is 12.7. The molecule has 0 saturated heterocycles. The number of carboxylic acids is 1. The highest BCUT2D eigenvalue weighted by Crippen LogP contribution is 2.24. The number of halogens is 1. The van der Waals surface area contributed by atoms with Gasteiger partial charge in [0.05, 0.1) is 18.6 Å². The summed E-state index contributed by atoms with van der Waals surface area (Å²) in [5.41, 5.74) is 0.316. The Hall–Kier alpha value is -1.79. The number of hydrogen-bond donors (Lipinski definition) is 1. The lowest BCUT2D eigenvalue weighted by molar-refractivity contribution is -0.137. The molecule has 0 heterocycles. The molecule has 1 N–H and O–H groups in total. The summed E-state index contributed by atoms with van der Waals surface area (Å²) in [4.78, 5) is 24.7. The molecule has 7 heteroatoms. The van der Waals surface area contributed by atoms with E-state index < -0.39 is 5.97 Å². The van der Waals surface area contributed by atoms with Crippen molar-refractivity contribution in [3.05, 3.63) is 28.8 Å². The van der Waals surface area contributed by atoms with Gasteiger partial charge < -0.3 is 19.5 Å². The average Bonchev–Trinajstić information content (AvgIpc) is 2.49. The van der Waals surface area contributed by atoms with Gasteiger partial charge in [-0.25, -0.2) is 0 Å². The topological polar surface area (TPSA) is 76.1 Å². The van der Waals surface area contributed by atoms with Crippen molar-refractivity contribution in [3.8, 4) is 5.75 Å². The highest BCUT2D eigenvalue weighted by molar-refractivity contribution is 6.31. The van der Waals surface area contributed by atoms with E-state index in [2.05, 4.69) is 0 Å². The maximum atomic E-state index is 12.6. The van der Waals surface area contributed by atoms with Crippen molar-refractivity contribution in [2.75, 3.05) is 33.4 Å². The van der Waals surface area contributed by atoms with Gasteiger partial charge in [-0.05, 0) is 25.1 Å². The third-order valence-electron chi connectivity index (χ3n) is 2.98. The molecule has 1 amide bonds. The van der Waals surface area contributed by atoms with Gasteiger partial charge in [-0.15, -0.1) is 0 Å². The lowest BCUT2D eigenvalue weighted by atomic mass is 10.1. The number of methoxy groups -OCH3 is 1.